The van der Waals surface area contributed by atoms with Gasteiger partial charge >= 0.3 is 12.2 Å². The molecule has 0 saturated carbocycles. The van der Waals surface area contributed by atoms with Crippen molar-refractivity contribution in [1.82, 2.24) is 15.1 Å². The summed E-state index contributed by atoms with van der Waals surface area (Å²) >= 11 is 0. The van der Waals surface area contributed by atoms with Gasteiger partial charge in [-0.25, -0.2) is 9.59 Å². The molecule has 2 saturated heterocycles. The second kappa shape index (κ2) is 9.91. The maximum atomic E-state index is 12.9. The van der Waals surface area contributed by atoms with Gasteiger partial charge in [0.2, 0.25) is 0 Å². The lowest BCUT2D eigenvalue weighted by Gasteiger charge is -2.31. The van der Waals surface area contributed by atoms with E-state index in [1.165, 1.54) is 4.90 Å². The molecule has 2 aliphatic rings. The third-order valence-electron chi connectivity index (χ3n) is 4.85. The van der Waals surface area contributed by atoms with E-state index in [0.29, 0.717) is 39.1 Å². The van der Waals surface area contributed by atoms with E-state index in [0.717, 1.165) is 4.90 Å². The normalized spacial score (nSPS) is 21.9. The Morgan fingerprint density at radius 3 is 2.45 bits per heavy atom. The molecule has 0 aliphatic carbocycles. The fourth-order valence-electron chi connectivity index (χ4n) is 3.29. The standard InChI is InChI=1S/C19H31N3O7/c1-19(2,3)11-15(29-18(27)21-7-9-28-10-8-21)16(24)20-13-5-4-6-22(17(25)26)12-14(13)23/h13,15H,4-12H2,1-3H3,(H,20,24)(H,25,26). The number of nitrogens with zero attached hydrogens (tertiary/aromatic N) is 2. The number of hydrogen-bond acceptors (Lipinski definition) is 6. The molecule has 0 bridgehead atoms. The minimum Gasteiger partial charge on any atom is -0.465 e. The van der Waals surface area contributed by atoms with E-state index >= 15 is 0 Å². The molecule has 0 radical (unpaired) electrons. The first-order valence-corrected chi connectivity index (χ1v) is 9.91. The van der Waals surface area contributed by atoms with Crippen LogP contribution in [-0.4, -0.2) is 90.3 Å². The van der Waals surface area contributed by atoms with Crippen molar-refractivity contribution in [2.45, 2.75) is 52.2 Å². The number of carbonyl (C=O) groups excluding carboxylic acids is 3. The average Bonchev–Trinajstić information content (AvgIpc) is 2.82. The van der Waals surface area contributed by atoms with Crippen molar-refractivity contribution in [3.63, 3.8) is 0 Å². The lowest BCUT2D eigenvalue weighted by Crippen LogP contribution is -2.50. The Bertz CT molecular complexity index is 626. The summed E-state index contributed by atoms with van der Waals surface area (Å²) < 4.78 is 10.7. The van der Waals surface area contributed by atoms with Gasteiger partial charge < -0.3 is 29.7 Å². The van der Waals surface area contributed by atoms with E-state index in [-0.39, 0.29) is 30.7 Å². The maximum absolute atomic E-state index is 12.9. The molecule has 2 N–H and O–H groups in total. The highest BCUT2D eigenvalue weighted by Gasteiger charge is 2.34. The van der Waals surface area contributed by atoms with Crippen molar-refractivity contribution in [3.8, 4) is 0 Å². The maximum Gasteiger partial charge on any atom is 0.410 e. The summed E-state index contributed by atoms with van der Waals surface area (Å²) in [5, 5.41) is 11.8. The van der Waals surface area contributed by atoms with Gasteiger partial charge in [-0.05, 0) is 24.7 Å². The first kappa shape index (κ1) is 22.9. The number of likely N-dealkylation sites (tertiary alicyclic amines) is 1. The Balaban J connectivity index is 2.03. The SMILES string of the molecule is CC(C)(C)CC(OC(=O)N1CCOCC1)C(=O)NC1CCCN(C(=O)O)CC1=O. The molecular weight excluding hydrogens is 382 g/mol. The van der Waals surface area contributed by atoms with Crippen molar-refractivity contribution in [2.75, 3.05) is 39.4 Å². The third kappa shape index (κ3) is 7.19. The van der Waals surface area contributed by atoms with Crippen LogP contribution >= 0.6 is 0 Å². The number of carboxylic acid groups (broad SMARTS) is 1. The summed E-state index contributed by atoms with van der Waals surface area (Å²) in [5.41, 5.74) is -0.291. The molecule has 3 amide bonds. The molecule has 2 heterocycles. The highest BCUT2D eigenvalue weighted by atomic mass is 16.6. The van der Waals surface area contributed by atoms with Crippen LogP contribution in [0.1, 0.15) is 40.0 Å². The number of Topliss-reactive ketones (excluding diaryl/α,β-unsaturated/α-hetero) is 1. The summed E-state index contributed by atoms with van der Waals surface area (Å²) in [6.07, 6.45) is -1.69. The second-order valence-electron chi connectivity index (χ2n) is 8.61. The smallest absolute Gasteiger partial charge is 0.410 e. The van der Waals surface area contributed by atoms with E-state index in [2.05, 4.69) is 5.32 Å². The van der Waals surface area contributed by atoms with Crippen LogP contribution in [0, 0.1) is 5.41 Å². The van der Waals surface area contributed by atoms with E-state index in [1.807, 2.05) is 20.8 Å². The van der Waals surface area contributed by atoms with Gasteiger partial charge in [-0.3, -0.25) is 9.59 Å². The van der Waals surface area contributed by atoms with Gasteiger partial charge in [0, 0.05) is 19.6 Å². The molecule has 2 atom stereocenters. The van der Waals surface area contributed by atoms with E-state index < -0.39 is 30.2 Å². The summed E-state index contributed by atoms with van der Waals surface area (Å²) in [6.45, 7) is 7.39. The summed E-state index contributed by atoms with van der Waals surface area (Å²) in [4.78, 5) is 51.4. The molecular formula is C19H31N3O7. The molecule has 0 aromatic rings. The highest BCUT2D eigenvalue weighted by Crippen LogP contribution is 2.23. The molecule has 2 rings (SSSR count). The number of ketones is 1. The average molecular weight is 413 g/mol. The topological polar surface area (TPSA) is 125 Å². The molecule has 0 aromatic heterocycles. The number of amides is 3. The zero-order chi connectivity index (χ0) is 21.6. The van der Waals surface area contributed by atoms with Crippen LogP contribution in [-0.2, 0) is 19.1 Å². The number of morpholine rings is 1. The quantitative estimate of drug-likeness (QED) is 0.706. The van der Waals surface area contributed by atoms with Gasteiger partial charge in [-0.2, -0.15) is 0 Å². The second-order valence-corrected chi connectivity index (χ2v) is 8.61. The minimum atomic E-state index is -1.16. The van der Waals surface area contributed by atoms with Gasteiger partial charge in [0.25, 0.3) is 5.91 Å². The van der Waals surface area contributed by atoms with Crippen LogP contribution in [0.4, 0.5) is 9.59 Å². The van der Waals surface area contributed by atoms with Crippen LogP contribution in [0.15, 0.2) is 0 Å². The number of hydrogen-bond donors (Lipinski definition) is 2. The molecule has 164 valence electrons. The highest BCUT2D eigenvalue weighted by molar-refractivity contribution is 5.93. The zero-order valence-electron chi connectivity index (χ0n) is 17.3. The van der Waals surface area contributed by atoms with Crippen molar-refractivity contribution >= 4 is 23.9 Å². The fourth-order valence-corrected chi connectivity index (χ4v) is 3.29. The number of nitrogens with one attached hydrogen (secondary N) is 1. The van der Waals surface area contributed by atoms with Crippen molar-refractivity contribution in [2.24, 2.45) is 5.41 Å². The Hall–Kier alpha value is -2.36. The largest absolute Gasteiger partial charge is 0.465 e. The molecule has 2 fully saturated rings. The van der Waals surface area contributed by atoms with Crippen LogP contribution in [0.25, 0.3) is 0 Å². The van der Waals surface area contributed by atoms with E-state index in [1.54, 1.807) is 0 Å². The van der Waals surface area contributed by atoms with Gasteiger partial charge in [0.1, 0.15) is 0 Å². The fraction of sp³-hybridized carbons (Fsp3) is 0.789. The Morgan fingerprint density at radius 2 is 1.86 bits per heavy atom. The number of ether oxygens (including phenoxy) is 2. The molecule has 29 heavy (non-hydrogen) atoms. The monoisotopic (exact) mass is 413 g/mol. The molecule has 2 unspecified atom stereocenters. The Labute approximate surface area is 170 Å². The first-order chi connectivity index (χ1) is 13.6. The number of rotatable bonds is 4. The van der Waals surface area contributed by atoms with Crippen molar-refractivity contribution < 1.29 is 33.8 Å². The zero-order valence-corrected chi connectivity index (χ0v) is 17.3. The molecule has 0 aromatic carbocycles. The van der Waals surface area contributed by atoms with Gasteiger partial charge in [-0.15, -0.1) is 0 Å². The van der Waals surface area contributed by atoms with Crippen LogP contribution in [0.5, 0.6) is 0 Å². The van der Waals surface area contributed by atoms with Crippen molar-refractivity contribution in [3.05, 3.63) is 0 Å². The van der Waals surface area contributed by atoms with Crippen LogP contribution in [0.2, 0.25) is 0 Å². The lowest BCUT2D eigenvalue weighted by atomic mass is 9.88. The molecule has 10 heteroatoms. The summed E-state index contributed by atoms with van der Waals surface area (Å²) in [7, 11) is 0. The van der Waals surface area contributed by atoms with Gasteiger partial charge in [-0.1, -0.05) is 20.8 Å². The van der Waals surface area contributed by atoms with Gasteiger partial charge in [0.05, 0.1) is 25.8 Å². The molecule has 2 aliphatic heterocycles. The summed E-state index contributed by atoms with van der Waals surface area (Å²) in [6, 6.07) is -0.795. The molecule has 10 nitrogen and oxygen atoms in total. The Kier molecular flexibility index (Phi) is 7.83. The van der Waals surface area contributed by atoms with Crippen LogP contribution < -0.4 is 5.32 Å². The first-order valence-electron chi connectivity index (χ1n) is 9.91. The number of carbonyl (C=O) groups is 4. The predicted octanol–water partition coefficient (Wildman–Crippen LogP) is 1.09. The van der Waals surface area contributed by atoms with E-state index in [4.69, 9.17) is 14.6 Å². The minimum absolute atomic E-state index is 0.241. The van der Waals surface area contributed by atoms with Crippen LogP contribution in [0.3, 0.4) is 0 Å². The Morgan fingerprint density at radius 1 is 1.21 bits per heavy atom. The van der Waals surface area contributed by atoms with E-state index in [9.17, 15) is 19.2 Å². The predicted molar refractivity (Wildman–Crippen MR) is 103 cm³/mol. The summed E-state index contributed by atoms with van der Waals surface area (Å²) in [5.74, 6) is -0.907. The van der Waals surface area contributed by atoms with Gasteiger partial charge in [0.15, 0.2) is 11.9 Å². The third-order valence-corrected chi connectivity index (χ3v) is 4.85. The van der Waals surface area contributed by atoms with Crippen molar-refractivity contribution in [1.29, 1.82) is 0 Å². The lowest BCUT2D eigenvalue weighted by molar-refractivity contribution is -0.135. The molecule has 0 spiro atoms.